The highest BCUT2D eigenvalue weighted by atomic mass is 35.5. The van der Waals surface area contributed by atoms with Gasteiger partial charge in [0.05, 0.1) is 23.4 Å². The topological polar surface area (TPSA) is 60.2 Å². The van der Waals surface area contributed by atoms with Gasteiger partial charge in [0.15, 0.2) is 0 Å². The smallest absolute Gasteiger partial charge is 0.140 e. The van der Waals surface area contributed by atoms with Crippen LogP contribution in [0.3, 0.4) is 0 Å². The molecular formula is C16H26ClN3O. The van der Waals surface area contributed by atoms with Crippen molar-refractivity contribution in [1.29, 1.82) is 0 Å². The van der Waals surface area contributed by atoms with E-state index in [1.54, 1.807) is 12.1 Å². The quantitative estimate of drug-likeness (QED) is 0.637. The van der Waals surface area contributed by atoms with Gasteiger partial charge in [-0.15, -0.1) is 0 Å². The van der Waals surface area contributed by atoms with Crippen molar-refractivity contribution >= 4 is 17.4 Å². The minimum Gasteiger partial charge on any atom is -0.372 e. The van der Waals surface area contributed by atoms with Gasteiger partial charge in [-0.2, -0.15) is 0 Å². The largest absolute Gasteiger partial charge is 0.372 e. The molecule has 1 heterocycles. The second-order valence-corrected chi connectivity index (χ2v) is 6.85. The monoisotopic (exact) mass is 311 g/mol. The number of hydrogen-bond donors (Lipinski definition) is 2. The molecule has 21 heavy (non-hydrogen) atoms. The molecule has 3 unspecified atom stereocenters. The van der Waals surface area contributed by atoms with Crippen LogP contribution in [0.4, 0.5) is 5.82 Å². The van der Waals surface area contributed by atoms with Crippen LogP contribution in [0.5, 0.6) is 0 Å². The summed E-state index contributed by atoms with van der Waals surface area (Å²) in [7, 11) is 0. The average molecular weight is 312 g/mol. The molecule has 0 bridgehead atoms. The highest BCUT2D eigenvalue weighted by Crippen LogP contribution is 2.35. The van der Waals surface area contributed by atoms with Crippen LogP contribution >= 0.6 is 11.6 Å². The van der Waals surface area contributed by atoms with Crippen molar-refractivity contribution < 1.29 is 4.74 Å². The molecule has 5 heteroatoms. The molecule has 0 aliphatic heterocycles. The number of hydrazine groups is 1. The standard InChI is InChI=1S/C16H26ClN3O/c1-10(2)12-5-4-11(3)8-15(12)21-9-14-13(17)6-7-16(19-14)20-18/h6-7,10-12,15H,4-5,8-9,18H2,1-3H3,(H,19,20). The van der Waals surface area contributed by atoms with E-state index in [0.717, 1.165) is 18.0 Å². The van der Waals surface area contributed by atoms with E-state index in [2.05, 4.69) is 31.2 Å². The number of aromatic nitrogens is 1. The fourth-order valence-corrected chi connectivity index (χ4v) is 3.32. The number of nitrogen functional groups attached to an aromatic ring is 1. The van der Waals surface area contributed by atoms with E-state index < -0.39 is 0 Å². The SMILES string of the molecule is CC1CCC(C(C)C)C(OCc2nc(NN)ccc2Cl)C1. The van der Waals surface area contributed by atoms with E-state index in [1.165, 1.54) is 12.8 Å². The molecule has 1 fully saturated rings. The zero-order valence-corrected chi connectivity index (χ0v) is 13.9. The predicted molar refractivity (Wildman–Crippen MR) is 87.0 cm³/mol. The zero-order valence-electron chi connectivity index (χ0n) is 13.1. The van der Waals surface area contributed by atoms with Crippen LogP contribution in [0.25, 0.3) is 0 Å². The molecule has 2 rings (SSSR count). The second-order valence-electron chi connectivity index (χ2n) is 6.44. The van der Waals surface area contributed by atoms with Gasteiger partial charge in [0, 0.05) is 0 Å². The predicted octanol–water partition coefficient (Wildman–Crippen LogP) is 4.00. The van der Waals surface area contributed by atoms with Crippen LogP contribution in [0.15, 0.2) is 12.1 Å². The zero-order chi connectivity index (χ0) is 15.4. The lowest BCUT2D eigenvalue weighted by molar-refractivity contribution is -0.0482. The molecule has 0 radical (unpaired) electrons. The van der Waals surface area contributed by atoms with Gasteiger partial charge in [0.25, 0.3) is 0 Å². The van der Waals surface area contributed by atoms with Crippen molar-refractivity contribution in [3.63, 3.8) is 0 Å². The van der Waals surface area contributed by atoms with E-state index in [1.807, 2.05) is 0 Å². The van der Waals surface area contributed by atoms with Crippen LogP contribution in [-0.4, -0.2) is 11.1 Å². The van der Waals surface area contributed by atoms with Crippen LogP contribution < -0.4 is 11.3 Å². The molecule has 1 aliphatic carbocycles. The third-order valence-electron chi connectivity index (χ3n) is 4.46. The van der Waals surface area contributed by atoms with Crippen LogP contribution in [0.2, 0.25) is 5.02 Å². The van der Waals surface area contributed by atoms with Crippen molar-refractivity contribution in [3.8, 4) is 0 Å². The van der Waals surface area contributed by atoms with E-state index in [9.17, 15) is 0 Å². The Morgan fingerprint density at radius 2 is 2.19 bits per heavy atom. The number of anilines is 1. The molecule has 0 amide bonds. The summed E-state index contributed by atoms with van der Waals surface area (Å²) >= 11 is 6.19. The Kier molecular flexibility index (Phi) is 5.85. The number of rotatable bonds is 5. The van der Waals surface area contributed by atoms with Crippen molar-refractivity contribution in [3.05, 3.63) is 22.8 Å². The third-order valence-corrected chi connectivity index (χ3v) is 4.81. The maximum atomic E-state index is 6.19. The van der Waals surface area contributed by atoms with Gasteiger partial charge >= 0.3 is 0 Å². The first-order valence-corrected chi connectivity index (χ1v) is 8.12. The second kappa shape index (κ2) is 7.43. The van der Waals surface area contributed by atoms with Crippen LogP contribution in [0, 0.1) is 17.8 Å². The lowest BCUT2D eigenvalue weighted by Crippen LogP contribution is -2.34. The first kappa shape index (κ1) is 16.5. The summed E-state index contributed by atoms with van der Waals surface area (Å²) < 4.78 is 6.18. The highest BCUT2D eigenvalue weighted by molar-refractivity contribution is 6.31. The minimum absolute atomic E-state index is 0.293. The molecule has 1 saturated carbocycles. The summed E-state index contributed by atoms with van der Waals surface area (Å²) in [5.74, 6) is 7.99. The molecule has 1 aliphatic rings. The molecular weight excluding hydrogens is 286 g/mol. The van der Waals surface area contributed by atoms with Gasteiger partial charge in [-0.3, -0.25) is 0 Å². The Labute approximate surface area is 132 Å². The number of hydrogen-bond acceptors (Lipinski definition) is 4. The van der Waals surface area contributed by atoms with E-state index in [-0.39, 0.29) is 0 Å². The molecule has 118 valence electrons. The van der Waals surface area contributed by atoms with Gasteiger partial charge in [-0.1, -0.05) is 38.8 Å². The average Bonchev–Trinajstić information content (AvgIpc) is 2.46. The lowest BCUT2D eigenvalue weighted by Gasteiger charge is -2.37. The summed E-state index contributed by atoms with van der Waals surface area (Å²) in [6, 6.07) is 3.55. The summed E-state index contributed by atoms with van der Waals surface area (Å²) in [6.45, 7) is 7.30. The third kappa shape index (κ3) is 4.31. The highest BCUT2D eigenvalue weighted by Gasteiger charge is 2.31. The van der Waals surface area contributed by atoms with Gasteiger partial charge in [0.1, 0.15) is 5.82 Å². The normalized spacial score (nSPS) is 26.1. The van der Waals surface area contributed by atoms with Gasteiger partial charge in [-0.05, 0) is 42.7 Å². The van der Waals surface area contributed by atoms with Crippen molar-refractivity contribution in [2.45, 2.75) is 52.7 Å². The summed E-state index contributed by atoms with van der Waals surface area (Å²) in [4.78, 5) is 4.37. The number of ether oxygens (including phenoxy) is 1. The van der Waals surface area contributed by atoms with E-state index in [0.29, 0.717) is 35.4 Å². The van der Waals surface area contributed by atoms with Crippen molar-refractivity contribution in [1.82, 2.24) is 4.98 Å². The number of nitrogens with two attached hydrogens (primary N) is 1. The molecule has 3 atom stereocenters. The Morgan fingerprint density at radius 1 is 1.43 bits per heavy atom. The van der Waals surface area contributed by atoms with E-state index >= 15 is 0 Å². The van der Waals surface area contributed by atoms with Gasteiger partial charge in [0.2, 0.25) is 0 Å². The first-order chi connectivity index (χ1) is 10.0. The number of halogens is 1. The molecule has 0 spiro atoms. The van der Waals surface area contributed by atoms with Crippen molar-refractivity contribution in [2.24, 2.45) is 23.6 Å². The fourth-order valence-electron chi connectivity index (χ4n) is 3.16. The van der Waals surface area contributed by atoms with Crippen LogP contribution in [0.1, 0.15) is 45.7 Å². The summed E-state index contributed by atoms with van der Waals surface area (Å²) in [6.07, 6.45) is 3.96. The summed E-state index contributed by atoms with van der Waals surface area (Å²) in [5.41, 5.74) is 3.28. The van der Waals surface area contributed by atoms with Crippen LogP contribution in [-0.2, 0) is 11.3 Å². The molecule has 3 N–H and O–H groups in total. The van der Waals surface area contributed by atoms with Gasteiger partial charge in [-0.25, -0.2) is 10.8 Å². The Morgan fingerprint density at radius 3 is 2.86 bits per heavy atom. The maximum Gasteiger partial charge on any atom is 0.140 e. The first-order valence-electron chi connectivity index (χ1n) is 7.75. The van der Waals surface area contributed by atoms with E-state index in [4.69, 9.17) is 22.2 Å². The number of pyridine rings is 1. The summed E-state index contributed by atoms with van der Waals surface area (Å²) in [5, 5.41) is 0.624. The Hall–Kier alpha value is -0.840. The molecule has 0 saturated heterocycles. The maximum absolute atomic E-state index is 6.19. The number of nitrogens with zero attached hydrogens (tertiary/aromatic N) is 1. The fraction of sp³-hybridized carbons (Fsp3) is 0.688. The Bertz CT molecular complexity index is 467. The number of nitrogens with one attached hydrogen (secondary N) is 1. The molecule has 4 nitrogen and oxygen atoms in total. The van der Waals surface area contributed by atoms with Gasteiger partial charge < -0.3 is 10.2 Å². The molecule has 0 aromatic carbocycles. The van der Waals surface area contributed by atoms with Crippen molar-refractivity contribution in [2.75, 3.05) is 5.43 Å². The molecule has 1 aromatic rings. The lowest BCUT2D eigenvalue weighted by atomic mass is 9.75. The molecule has 1 aromatic heterocycles. The minimum atomic E-state index is 0.293. The Balaban J connectivity index is 2.03.